The van der Waals surface area contributed by atoms with Crippen LogP contribution in [0.4, 0.5) is 0 Å². The molecule has 4 nitrogen and oxygen atoms in total. The van der Waals surface area contributed by atoms with Crippen molar-refractivity contribution in [3.63, 3.8) is 0 Å². The quantitative estimate of drug-likeness (QED) is 0.166. The van der Waals surface area contributed by atoms with E-state index in [-0.39, 0.29) is 7.43 Å². The van der Waals surface area contributed by atoms with Gasteiger partial charge in [0, 0.05) is 26.3 Å². The maximum Gasteiger partial charge on any atom is 0.197 e. The third kappa shape index (κ3) is 72.2. The van der Waals surface area contributed by atoms with Gasteiger partial charge in [0.15, 0.2) is 7.37 Å². The van der Waals surface area contributed by atoms with Crippen molar-refractivity contribution < 1.29 is 13.6 Å². The monoisotopic (exact) mass is 489 g/mol. The maximum atomic E-state index is 10.9. The highest BCUT2D eigenvalue weighted by atomic mass is 31.2. The average Bonchev–Trinajstić information content (AvgIpc) is 2.58. The van der Waals surface area contributed by atoms with Gasteiger partial charge in [0.05, 0.1) is 34.3 Å². The van der Waals surface area contributed by atoms with Crippen molar-refractivity contribution in [1.29, 1.82) is 0 Å². The van der Waals surface area contributed by atoms with E-state index in [4.69, 9.17) is 4.52 Å². The van der Waals surface area contributed by atoms with Crippen LogP contribution in [0, 0.1) is 0 Å². The molecule has 0 radical (unpaired) electrons. The van der Waals surface area contributed by atoms with E-state index in [0.29, 0.717) is 6.61 Å². The van der Waals surface area contributed by atoms with Gasteiger partial charge < -0.3 is 13.9 Å². The van der Waals surface area contributed by atoms with Gasteiger partial charge in [0.1, 0.15) is 0 Å². The molecule has 0 aromatic heterocycles. The third-order valence-corrected chi connectivity index (χ3v) is 4.53. The van der Waals surface area contributed by atoms with Crippen LogP contribution in [-0.2, 0) is 9.09 Å². The van der Waals surface area contributed by atoms with E-state index < -0.39 is 7.37 Å². The van der Waals surface area contributed by atoms with Crippen molar-refractivity contribution in [3.8, 4) is 0 Å². The lowest BCUT2D eigenvalue weighted by Crippen LogP contribution is -2.35. The summed E-state index contributed by atoms with van der Waals surface area (Å²) in [5.41, 5.74) is 4.86. The molecule has 0 aromatic rings. The molecule has 33 heavy (non-hydrogen) atoms. The van der Waals surface area contributed by atoms with Crippen LogP contribution in [0.25, 0.3) is 0 Å². The highest BCUT2D eigenvalue weighted by molar-refractivity contribution is 7.57. The minimum Gasteiger partial charge on any atom is -0.331 e. The van der Waals surface area contributed by atoms with Gasteiger partial charge in [0.25, 0.3) is 0 Å². The van der Waals surface area contributed by atoms with Gasteiger partial charge in [-0.25, -0.2) is 0 Å². The normalized spacial score (nSPS) is 10.2. The Labute approximate surface area is 210 Å². The first-order valence-electron chi connectivity index (χ1n) is 11.5. The minimum atomic E-state index is -2.26. The van der Waals surface area contributed by atoms with Crippen LogP contribution in [0.2, 0.25) is 0 Å². The molecule has 0 bridgehead atoms. The highest BCUT2D eigenvalue weighted by Gasteiger charge is 2.05. The summed E-state index contributed by atoms with van der Waals surface area (Å²) < 4.78 is 17.0. The first-order valence-corrected chi connectivity index (χ1v) is 14.0. The number of allylic oxidation sites excluding steroid dienone is 1. The van der Waals surface area contributed by atoms with E-state index in [0.717, 1.165) is 42.3 Å². The predicted octanol–water partition coefficient (Wildman–Crippen LogP) is 8.29. The van der Waals surface area contributed by atoms with Gasteiger partial charge in [-0.15, -0.1) is 19.7 Å². The van der Waals surface area contributed by atoms with Crippen LogP contribution < -0.4 is 0 Å². The minimum absolute atomic E-state index is 0. The Morgan fingerprint density at radius 1 is 0.818 bits per heavy atom. The Morgan fingerprint density at radius 2 is 1.18 bits per heavy atom. The molecule has 5 heteroatoms. The molecule has 0 fully saturated rings. The van der Waals surface area contributed by atoms with Gasteiger partial charge >= 0.3 is 0 Å². The Hall–Kier alpha value is -0.930. The van der Waals surface area contributed by atoms with Crippen LogP contribution in [0.5, 0.6) is 0 Å². The van der Waals surface area contributed by atoms with Crippen molar-refractivity contribution in [1.82, 2.24) is 4.90 Å². The topological polar surface area (TPSA) is 29.5 Å². The van der Waals surface area contributed by atoms with Crippen molar-refractivity contribution in [3.05, 3.63) is 48.6 Å². The molecule has 0 saturated carbocycles. The zero-order valence-electron chi connectivity index (χ0n) is 23.9. The van der Waals surface area contributed by atoms with Crippen molar-refractivity contribution in [2.45, 2.75) is 67.7 Å². The smallest absolute Gasteiger partial charge is 0.197 e. The third-order valence-electron chi connectivity index (χ3n) is 3.73. The second-order valence-corrected chi connectivity index (χ2v) is 13.1. The average molecular weight is 490 g/mol. The summed E-state index contributed by atoms with van der Waals surface area (Å²) in [4.78, 5) is 2.16. The lowest BCUT2D eigenvalue weighted by molar-refractivity contribution is -0.870. The molecule has 0 aliphatic heterocycles. The van der Waals surface area contributed by atoms with E-state index in [1.807, 2.05) is 13.8 Å². The summed E-state index contributed by atoms with van der Waals surface area (Å²) in [7, 11) is 8.47. The first kappa shape index (κ1) is 42.2. The number of nitrogens with zero attached hydrogens (tertiary/aromatic N) is 2. The van der Waals surface area contributed by atoms with Crippen LogP contribution in [0.3, 0.4) is 0 Å². The summed E-state index contributed by atoms with van der Waals surface area (Å²) in [6.45, 7) is 31.3. The molecular weight excluding hydrogens is 427 g/mol. The van der Waals surface area contributed by atoms with Crippen LogP contribution in [0.15, 0.2) is 48.6 Å². The zero-order valence-corrected chi connectivity index (χ0v) is 24.8. The molecule has 0 heterocycles. The standard InChI is InChI=1S/C8H18N.C7H15N.C7H15O2P.C5H10.CH4/c1-8(2)6-7-9(3,4)5;1-7(2)5-6-8(3)4;1-7(2)5-6-9-10(3,4)8;1-4-5(2)3;/h1,6-7H2,2-5H3;1,5-6H2,2-4H3;1,5-6H2,2-4H3;2,4H2,1,3H3;1H4/q+1;;;;. The van der Waals surface area contributed by atoms with Crippen LogP contribution in [0.1, 0.15) is 67.7 Å². The molecule has 0 aromatic carbocycles. The molecule has 0 amide bonds. The Morgan fingerprint density at radius 3 is 1.33 bits per heavy atom. The van der Waals surface area contributed by atoms with Crippen LogP contribution >= 0.6 is 7.37 Å². The van der Waals surface area contributed by atoms with Gasteiger partial charge in [-0.1, -0.05) is 43.2 Å². The molecule has 0 atom stereocenters. The van der Waals surface area contributed by atoms with E-state index >= 15 is 0 Å². The number of quaternary nitrogens is 1. The largest absolute Gasteiger partial charge is 0.331 e. The van der Waals surface area contributed by atoms with Gasteiger partial charge in [-0.3, -0.25) is 4.57 Å². The zero-order chi connectivity index (χ0) is 26.5. The van der Waals surface area contributed by atoms with E-state index in [2.05, 4.69) is 87.2 Å². The van der Waals surface area contributed by atoms with E-state index in [9.17, 15) is 4.57 Å². The van der Waals surface area contributed by atoms with Gasteiger partial charge in [0.2, 0.25) is 0 Å². The summed E-state index contributed by atoms with van der Waals surface area (Å²) in [5, 5.41) is 0. The van der Waals surface area contributed by atoms with Crippen molar-refractivity contribution in [2.24, 2.45) is 0 Å². The molecular formula is C28H62N2O2P+. The Kier molecular flexibility index (Phi) is 31.0. The lowest BCUT2D eigenvalue weighted by atomic mass is 10.2. The van der Waals surface area contributed by atoms with Crippen LogP contribution in [-0.4, -0.2) is 77.6 Å². The fourth-order valence-corrected chi connectivity index (χ4v) is 1.91. The fraction of sp³-hybridized carbons (Fsp3) is 0.714. The molecule has 0 aliphatic carbocycles. The summed E-state index contributed by atoms with van der Waals surface area (Å²) >= 11 is 0. The molecule has 0 saturated heterocycles. The predicted molar refractivity (Wildman–Crippen MR) is 157 cm³/mol. The molecule has 0 spiro atoms. The van der Waals surface area contributed by atoms with Crippen molar-refractivity contribution >= 4 is 7.37 Å². The summed E-state index contributed by atoms with van der Waals surface area (Å²) in [5.74, 6) is 0. The lowest BCUT2D eigenvalue weighted by Gasteiger charge is -2.23. The molecule has 0 unspecified atom stereocenters. The number of hydrogen-bond acceptors (Lipinski definition) is 3. The molecule has 0 N–H and O–H groups in total. The Bertz CT molecular complexity index is 567. The summed E-state index contributed by atoms with van der Waals surface area (Å²) in [6.07, 6.45) is 4.17. The van der Waals surface area contributed by atoms with E-state index in [1.165, 1.54) is 23.3 Å². The highest BCUT2D eigenvalue weighted by Crippen LogP contribution is 2.37. The molecule has 0 aliphatic rings. The second-order valence-electron chi connectivity index (χ2n) is 10.3. The molecule has 0 rings (SSSR count). The first-order chi connectivity index (χ1) is 14.2. The maximum absolute atomic E-state index is 10.9. The van der Waals surface area contributed by atoms with Crippen molar-refractivity contribution in [2.75, 3.05) is 68.3 Å². The SMILES string of the molecule is C.C=C(C)CC.C=C(C)CCN(C)C.C=C(C)CCOP(C)(C)=O.C=C(C)CC[N+](C)(C)C. The molecule has 200 valence electrons. The van der Waals surface area contributed by atoms with Gasteiger partial charge in [-0.2, -0.15) is 0 Å². The summed E-state index contributed by atoms with van der Waals surface area (Å²) in [6, 6.07) is 0. The fourth-order valence-electron chi connectivity index (χ4n) is 1.38. The van der Waals surface area contributed by atoms with Gasteiger partial charge in [-0.05, 0) is 61.1 Å². The second kappa shape index (κ2) is 24.2. The Balaban J connectivity index is -0.000000107. The number of rotatable bonds is 11. The number of hydrogen-bond donors (Lipinski definition) is 0. The van der Waals surface area contributed by atoms with E-state index in [1.54, 1.807) is 13.3 Å².